The van der Waals surface area contributed by atoms with Crippen molar-refractivity contribution in [3.8, 4) is 28.8 Å². The summed E-state index contributed by atoms with van der Waals surface area (Å²) < 4.78 is 11.1. The van der Waals surface area contributed by atoms with Gasteiger partial charge in [-0.3, -0.25) is 9.36 Å². The summed E-state index contributed by atoms with van der Waals surface area (Å²) in [6.45, 7) is 4.11. The second-order valence-corrected chi connectivity index (χ2v) is 9.12. The van der Waals surface area contributed by atoms with E-state index in [1.807, 2.05) is 52.0 Å². The lowest BCUT2D eigenvalue weighted by atomic mass is 10.1. The zero-order valence-electron chi connectivity index (χ0n) is 19.8. The molecule has 0 N–H and O–H groups in total. The van der Waals surface area contributed by atoms with Crippen LogP contribution < -0.4 is 10.3 Å². The van der Waals surface area contributed by atoms with Gasteiger partial charge in [-0.05, 0) is 57.0 Å². The van der Waals surface area contributed by atoms with E-state index in [2.05, 4.69) is 29.0 Å². The van der Waals surface area contributed by atoms with Crippen molar-refractivity contribution in [2.75, 3.05) is 7.11 Å². The second kappa shape index (κ2) is 8.19. The molecule has 1 saturated carbocycles. The van der Waals surface area contributed by atoms with Gasteiger partial charge in [0.05, 0.1) is 30.7 Å². The number of imidazole rings is 1. The highest BCUT2D eigenvalue weighted by atomic mass is 16.5. The minimum Gasteiger partial charge on any atom is -0.495 e. The maximum Gasteiger partial charge on any atom is 0.264 e. The third kappa shape index (κ3) is 3.69. The first-order chi connectivity index (χ1) is 17.0. The molecule has 35 heavy (non-hydrogen) atoms. The smallest absolute Gasteiger partial charge is 0.264 e. The van der Waals surface area contributed by atoms with Crippen molar-refractivity contribution in [2.24, 2.45) is 0 Å². The summed E-state index contributed by atoms with van der Waals surface area (Å²) in [5.41, 5.74) is 2.43. The van der Waals surface area contributed by atoms with Gasteiger partial charge in [0.2, 0.25) is 0 Å². The van der Waals surface area contributed by atoms with Gasteiger partial charge < -0.3 is 13.9 Å². The molecule has 1 aliphatic rings. The molecule has 1 aliphatic carbocycles. The van der Waals surface area contributed by atoms with Crippen LogP contribution in [0.3, 0.4) is 0 Å². The molecule has 1 aromatic carbocycles. The first kappa shape index (κ1) is 21.3. The highest BCUT2D eigenvalue weighted by Crippen LogP contribution is 2.39. The molecular formula is C26H25N7O2. The number of benzene rings is 1. The Labute approximate surface area is 201 Å². The van der Waals surface area contributed by atoms with Crippen LogP contribution in [0, 0.1) is 0 Å². The number of fused-ring (bicyclic) bond motifs is 1. The Hall–Kier alpha value is -4.27. The van der Waals surface area contributed by atoms with Crippen molar-refractivity contribution >= 4 is 10.8 Å². The van der Waals surface area contributed by atoms with Crippen molar-refractivity contribution in [3.05, 3.63) is 77.5 Å². The molecule has 0 unspecified atom stereocenters. The molecule has 0 saturated heterocycles. The minimum atomic E-state index is -0.180. The Morgan fingerprint density at radius 2 is 1.91 bits per heavy atom. The van der Waals surface area contributed by atoms with Crippen molar-refractivity contribution in [1.82, 2.24) is 33.9 Å². The summed E-state index contributed by atoms with van der Waals surface area (Å²) in [5.74, 6) is 2.29. The van der Waals surface area contributed by atoms with Gasteiger partial charge in [0.15, 0.2) is 5.82 Å². The molecule has 1 fully saturated rings. The van der Waals surface area contributed by atoms with E-state index in [1.54, 1.807) is 25.7 Å². The molecule has 176 valence electrons. The predicted molar refractivity (Wildman–Crippen MR) is 132 cm³/mol. The molecule has 0 radical (unpaired) electrons. The maximum absolute atomic E-state index is 13.7. The van der Waals surface area contributed by atoms with Crippen LogP contribution >= 0.6 is 0 Å². The van der Waals surface area contributed by atoms with Crippen LogP contribution in [0.25, 0.3) is 33.8 Å². The van der Waals surface area contributed by atoms with Crippen LogP contribution in [0.15, 0.2) is 66.2 Å². The number of methoxy groups -OCH3 is 1. The highest BCUT2D eigenvalue weighted by molar-refractivity contribution is 5.89. The number of hydrogen-bond acceptors (Lipinski definition) is 6. The third-order valence-corrected chi connectivity index (χ3v) is 6.42. The largest absolute Gasteiger partial charge is 0.495 e. The van der Waals surface area contributed by atoms with Gasteiger partial charge in [0, 0.05) is 29.2 Å². The van der Waals surface area contributed by atoms with Gasteiger partial charge in [-0.15, -0.1) is 10.2 Å². The van der Waals surface area contributed by atoms with E-state index in [0.29, 0.717) is 34.4 Å². The summed E-state index contributed by atoms with van der Waals surface area (Å²) in [5, 5.41) is 9.57. The Morgan fingerprint density at radius 1 is 1.06 bits per heavy atom. The summed E-state index contributed by atoms with van der Waals surface area (Å²) in [6, 6.07) is 11.5. The minimum absolute atomic E-state index is 0.177. The van der Waals surface area contributed by atoms with E-state index >= 15 is 0 Å². The number of pyridine rings is 2. The van der Waals surface area contributed by atoms with E-state index in [0.717, 1.165) is 16.8 Å². The normalized spacial score (nSPS) is 13.6. The number of aromatic nitrogens is 7. The quantitative estimate of drug-likeness (QED) is 0.370. The lowest BCUT2D eigenvalue weighted by Crippen LogP contribution is -2.20. The average Bonchev–Trinajstić information content (AvgIpc) is 3.39. The van der Waals surface area contributed by atoms with Gasteiger partial charge in [-0.1, -0.05) is 6.07 Å². The fourth-order valence-electron chi connectivity index (χ4n) is 4.35. The zero-order chi connectivity index (χ0) is 24.1. The van der Waals surface area contributed by atoms with E-state index in [-0.39, 0.29) is 11.6 Å². The molecule has 9 heteroatoms. The van der Waals surface area contributed by atoms with Gasteiger partial charge in [0.1, 0.15) is 23.6 Å². The Morgan fingerprint density at radius 3 is 2.69 bits per heavy atom. The summed E-state index contributed by atoms with van der Waals surface area (Å²) >= 11 is 0. The van der Waals surface area contributed by atoms with E-state index in [9.17, 15) is 4.79 Å². The summed E-state index contributed by atoms with van der Waals surface area (Å²) in [6.07, 6.45) is 9.61. The standard InChI is InChI=1S/C26H25N7O2/c1-16(2)33-15-28-30-25(33)21-5-4-6-24(29-21)32-13-23(35-3)19-10-9-18(11-20(19)26(32)34)31-12-22(27-14-31)17-7-8-17/h4-6,9-17H,7-8H2,1-3H3. The monoisotopic (exact) mass is 467 g/mol. The van der Waals surface area contributed by atoms with Crippen LogP contribution in [0.5, 0.6) is 5.75 Å². The van der Waals surface area contributed by atoms with Crippen molar-refractivity contribution in [2.45, 2.75) is 38.6 Å². The lowest BCUT2D eigenvalue weighted by molar-refractivity contribution is 0.416. The van der Waals surface area contributed by atoms with Crippen LogP contribution in [-0.4, -0.2) is 41.0 Å². The van der Waals surface area contributed by atoms with Gasteiger partial charge >= 0.3 is 0 Å². The fraction of sp³-hybridized carbons (Fsp3) is 0.269. The first-order valence-corrected chi connectivity index (χ1v) is 11.7. The molecule has 4 aromatic heterocycles. The fourth-order valence-corrected chi connectivity index (χ4v) is 4.35. The molecule has 9 nitrogen and oxygen atoms in total. The van der Waals surface area contributed by atoms with Gasteiger partial charge in [0.25, 0.3) is 5.56 Å². The van der Waals surface area contributed by atoms with E-state index in [1.165, 1.54) is 17.4 Å². The molecule has 5 aromatic rings. The van der Waals surface area contributed by atoms with E-state index in [4.69, 9.17) is 9.72 Å². The van der Waals surface area contributed by atoms with Crippen LogP contribution in [0.2, 0.25) is 0 Å². The number of rotatable bonds is 6. The third-order valence-electron chi connectivity index (χ3n) is 6.42. The Balaban J connectivity index is 1.48. The maximum atomic E-state index is 13.7. The molecule has 6 rings (SSSR count). The summed E-state index contributed by atoms with van der Waals surface area (Å²) in [7, 11) is 1.60. The Bertz CT molecular complexity index is 1610. The molecule has 0 atom stereocenters. The molecule has 0 amide bonds. The zero-order valence-corrected chi connectivity index (χ0v) is 19.8. The molecule has 0 aliphatic heterocycles. The summed E-state index contributed by atoms with van der Waals surface area (Å²) in [4.78, 5) is 23.0. The molecular weight excluding hydrogens is 442 g/mol. The second-order valence-electron chi connectivity index (χ2n) is 9.12. The average molecular weight is 468 g/mol. The van der Waals surface area contributed by atoms with Crippen LogP contribution in [-0.2, 0) is 0 Å². The highest BCUT2D eigenvalue weighted by Gasteiger charge is 2.26. The SMILES string of the molecule is COc1cn(-c2cccc(-c3nncn3C(C)C)n2)c(=O)c2cc(-n3cnc(C4CC4)c3)ccc12. The van der Waals surface area contributed by atoms with Crippen LogP contribution in [0.4, 0.5) is 0 Å². The van der Waals surface area contributed by atoms with Gasteiger partial charge in [-0.25, -0.2) is 9.97 Å². The lowest BCUT2D eigenvalue weighted by Gasteiger charge is -2.14. The predicted octanol–water partition coefficient (Wildman–Crippen LogP) is 4.30. The van der Waals surface area contributed by atoms with Crippen molar-refractivity contribution < 1.29 is 4.74 Å². The van der Waals surface area contributed by atoms with Crippen molar-refractivity contribution in [1.29, 1.82) is 0 Å². The number of nitrogens with zero attached hydrogens (tertiary/aromatic N) is 7. The molecule has 4 heterocycles. The van der Waals surface area contributed by atoms with Crippen LogP contribution in [0.1, 0.15) is 44.3 Å². The number of hydrogen-bond donors (Lipinski definition) is 0. The van der Waals surface area contributed by atoms with Crippen molar-refractivity contribution in [3.63, 3.8) is 0 Å². The number of ether oxygens (including phenoxy) is 1. The first-order valence-electron chi connectivity index (χ1n) is 11.7. The molecule has 0 spiro atoms. The Kier molecular flexibility index (Phi) is 4.98. The topological polar surface area (TPSA) is 92.6 Å². The van der Waals surface area contributed by atoms with Gasteiger partial charge in [-0.2, -0.15) is 0 Å². The van der Waals surface area contributed by atoms with E-state index < -0.39 is 0 Å². The molecule has 0 bridgehead atoms.